The molecule has 0 heterocycles. The Hall–Kier alpha value is -1.69. The molecule has 0 aliphatic carbocycles. The van der Waals surface area contributed by atoms with Gasteiger partial charge >= 0.3 is 0 Å². The molecular formula is C13H17NO4S. The lowest BCUT2D eigenvalue weighted by atomic mass is 10.1. The maximum atomic E-state index is 10.9. The van der Waals surface area contributed by atoms with E-state index in [2.05, 4.69) is 0 Å². The fourth-order valence-corrected chi connectivity index (χ4v) is 2.20. The number of allylic oxidation sites excluding steroid dienone is 1. The summed E-state index contributed by atoms with van der Waals surface area (Å²) < 4.78 is 10.6. The molecule has 0 radical (unpaired) electrons. The summed E-state index contributed by atoms with van der Waals surface area (Å²) >= 11 is 1.53. The van der Waals surface area contributed by atoms with Crippen LogP contribution < -0.4 is 9.47 Å². The summed E-state index contributed by atoms with van der Waals surface area (Å²) in [5.74, 6) is 1.27. The van der Waals surface area contributed by atoms with Gasteiger partial charge in [0.25, 0.3) is 0 Å². The minimum atomic E-state index is -0.381. The second kappa shape index (κ2) is 7.04. The number of nitrogens with zero attached hydrogens (tertiary/aromatic N) is 1. The molecule has 0 aliphatic heterocycles. The molecule has 19 heavy (non-hydrogen) atoms. The average Bonchev–Trinajstić information content (AvgIpc) is 2.43. The van der Waals surface area contributed by atoms with Crippen LogP contribution in [0.2, 0.25) is 0 Å². The van der Waals surface area contributed by atoms with Gasteiger partial charge in [-0.3, -0.25) is 10.1 Å². The lowest BCUT2D eigenvalue weighted by Crippen LogP contribution is -1.98. The predicted octanol–water partition coefficient (Wildman–Crippen LogP) is 3.45. The Labute approximate surface area is 116 Å². The first-order valence-electron chi connectivity index (χ1n) is 5.72. The third-order valence-corrected chi connectivity index (χ3v) is 3.41. The molecule has 0 aliphatic rings. The standard InChI is InChI=1S/C13H17NO4S/c1-5-10(14(15)16)6-9-7-12(18-3)13(19-4)8-11(9)17-2/h6-8H,5H2,1-4H3/b10-6-. The Morgan fingerprint density at radius 3 is 2.42 bits per heavy atom. The highest BCUT2D eigenvalue weighted by Gasteiger charge is 2.13. The van der Waals surface area contributed by atoms with E-state index in [1.807, 2.05) is 12.3 Å². The molecule has 104 valence electrons. The van der Waals surface area contributed by atoms with Crippen LogP contribution in [0.3, 0.4) is 0 Å². The molecule has 1 rings (SSSR count). The van der Waals surface area contributed by atoms with Crippen LogP contribution in [0.1, 0.15) is 18.9 Å². The van der Waals surface area contributed by atoms with Crippen LogP contribution in [-0.2, 0) is 0 Å². The maximum Gasteiger partial charge on any atom is 0.246 e. The SMILES string of the molecule is CC/C(=C/c1cc(OC)c(SC)cc1OC)[N+](=O)[O-]. The van der Waals surface area contributed by atoms with Crippen LogP contribution in [0, 0.1) is 10.1 Å². The van der Waals surface area contributed by atoms with Crippen LogP contribution in [-0.4, -0.2) is 25.4 Å². The molecule has 5 nitrogen and oxygen atoms in total. The number of methoxy groups -OCH3 is 2. The van der Waals surface area contributed by atoms with E-state index in [1.165, 1.54) is 17.8 Å². The van der Waals surface area contributed by atoms with E-state index in [-0.39, 0.29) is 10.6 Å². The first-order chi connectivity index (χ1) is 9.07. The number of benzene rings is 1. The molecule has 0 amide bonds. The van der Waals surface area contributed by atoms with Gasteiger partial charge in [-0.2, -0.15) is 0 Å². The van der Waals surface area contributed by atoms with Crippen molar-refractivity contribution in [2.75, 3.05) is 20.5 Å². The van der Waals surface area contributed by atoms with Crippen molar-refractivity contribution < 1.29 is 14.4 Å². The van der Waals surface area contributed by atoms with Gasteiger partial charge in [0.1, 0.15) is 11.5 Å². The number of rotatable bonds is 6. The summed E-state index contributed by atoms with van der Waals surface area (Å²) in [4.78, 5) is 11.4. The van der Waals surface area contributed by atoms with Gasteiger partial charge in [-0.25, -0.2) is 0 Å². The zero-order chi connectivity index (χ0) is 14.4. The second-order valence-corrected chi connectivity index (χ2v) is 4.54. The van der Waals surface area contributed by atoms with Gasteiger partial charge in [0, 0.05) is 18.1 Å². The van der Waals surface area contributed by atoms with Crippen molar-refractivity contribution in [2.24, 2.45) is 0 Å². The molecule has 6 heteroatoms. The second-order valence-electron chi connectivity index (χ2n) is 3.70. The van der Waals surface area contributed by atoms with Crippen molar-refractivity contribution in [3.05, 3.63) is 33.5 Å². The first kappa shape index (κ1) is 15.4. The molecule has 0 atom stereocenters. The lowest BCUT2D eigenvalue weighted by Gasteiger charge is -2.11. The molecule has 0 saturated carbocycles. The van der Waals surface area contributed by atoms with Crippen LogP contribution in [0.15, 0.2) is 22.7 Å². The van der Waals surface area contributed by atoms with Crippen LogP contribution >= 0.6 is 11.8 Å². The minimum Gasteiger partial charge on any atom is -0.496 e. The van der Waals surface area contributed by atoms with Gasteiger partial charge in [-0.05, 0) is 18.4 Å². The monoisotopic (exact) mass is 283 g/mol. The van der Waals surface area contributed by atoms with Gasteiger partial charge < -0.3 is 9.47 Å². The molecule has 0 spiro atoms. The minimum absolute atomic E-state index is 0.136. The normalized spacial score (nSPS) is 11.3. The Balaban J connectivity index is 3.37. The number of ether oxygens (including phenoxy) is 2. The van der Waals surface area contributed by atoms with Gasteiger partial charge in [-0.1, -0.05) is 6.92 Å². The largest absolute Gasteiger partial charge is 0.496 e. The highest BCUT2D eigenvalue weighted by Crippen LogP contribution is 2.35. The van der Waals surface area contributed by atoms with Gasteiger partial charge in [0.15, 0.2) is 0 Å². The van der Waals surface area contributed by atoms with E-state index in [1.54, 1.807) is 27.2 Å². The quantitative estimate of drug-likeness (QED) is 0.454. The van der Waals surface area contributed by atoms with E-state index in [0.717, 1.165) is 4.90 Å². The topological polar surface area (TPSA) is 61.6 Å². The van der Waals surface area contributed by atoms with Crippen LogP contribution in [0.25, 0.3) is 6.08 Å². The van der Waals surface area contributed by atoms with Crippen molar-refractivity contribution in [3.63, 3.8) is 0 Å². The lowest BCUT2D eigenvalue weighted by molar-refractivity contribution is -0.425. The highest BCUT2D eigenvalue weighted by atomic mass is 32.2. The highest BCUT2D eigenvalue weighted by molar-refractivity contribution is 7.98. The molecule has 0 unspecified atom stereocenters. The molecule has 1 aromatic carbocycles. The van der Waals surface area contributed by atoms with Crippen molar-refractivity contribution in [1.82, 2.24) is 0 Å². The van der Waals surface area contributed by atoms with E-state index in [9.17, 15) is 10.1 Å². The third-order valence-electron chi connectivity index (χ3n) is 2.65. The molecule has 0 saturated heterocycles. The van der Waals surface area contributed by atoms with Crippen molar-refractivity contribution in [2.45, 2.75) is 18.2 Å². The summed E-state index contributed by atoms with van der Waals surface area (Å²) in [7, 11) is 3.12. The van der Waals surface area contributed by atoms with E-state index >= 15 is 0 Å². The number of hydrogen-bond acceptors (Lipinski definition) is 5. The predicted molar refractivity (Wildman–Crippen MR) is 76.6 cm³/mol. The van der Waals surface area contributed by atoms with E-state index in [0.29, 0.717) is 23.5 Å². The van der Waals surface area contributed by atoms with Crippen molar-refractivity contribution in [3.8, 4) is 11.5 Å². The Morgan fingerprint density at radius 1 is 1.37 bits per heavy atom. The summed E-state index contributed by atoms with van der Waals surface area (Å²) in [6.07, 6.45) is 3.80. The fraction of sp³-hybridized carbons (Fsp3) is 0.385. The number of thioether (sulfide) groups is 1. The maximum absolute atomic E-state index is 10.9. The first-order valence-corrected chi connectivity index (χ1v) is 6.94. The smallest absolute Gasteiger partial charge is 0.246 e. The Bertz CT molecular complexity index is 500. The molecule has 0 aromatic heterocycles. The molecular weight excluding hydrogens is 266 g/mol. The summed E-state index contributed by atoms with van der Waals surface area (Å²) in [6.45, 7) is 1.74. The van der Waals surface area contributed by atoms with E-state index in [4.69, 9.17) is 9.47 Å². The van der Waals surface area contributed by atoms with Crippen LogP contribution in [0.5, 0.6) is 11.5 Å². The fourth-order valence-electron chi connectivity index (χ4n) is 1.63. The molecule has 0 N–H and O–H groups in total. The van der Waals surface area contributed by atoms with Gasteiger partial charge in [0.2, 0.25) is 5.70 Å². The van der Waals surface area contributed by atoms with Crippen molar-refractivity contribution in [1.29, 1.82) is 0 Å². The zero-order valence-corrected chi connectivity index (χ0v) is 12.2. The Kier molecular flexibility index (Phi) is 5.69. The molecule has 0 bridgehead atoms. The average molecular weight is 283 g/mol. The van der Waals surface area contributed by atoms with Crippen LogP contribution in [0.4, 0.5) is 0 Å². The van der Waals surface area contributed by atoms with Gasteiger partial charge in [-0.15, -0.1) is 11.8 Å². The number of hydrogen-bond donors (Lipinski definition) is 0. The molecule has 0 fully saturated rings. The van der Waals surface area contributed by atoms with Gasteiger partial charge in [0.05, 0.1) is 24.0 Å². The van der Waals surface area contributed by atoms with E-state index < -0.39 is 0 Å². The number of nitro groups is 1. The summed E-state index contributed by atoms with van der Waals surface area (Å²) in [5, 5.41) is 10.9. The third kappa shape index (κ3) is 3.64. The zero-order valence-electron chi connectivity index (χ0n) is 11.4. The summed E-state index contributed by atoms with van der Waals surface area (Å²) in [5.41, 5.74) is 0.781. The molecule has 1 aromatic rings. The Morgan fingerprint density at radius 2 is 2.00 bits per heavy atom. The van der Waals surface area contributed by atoms with Crippen molar-refractivity contribution >= 4 is 17.8 Å². The summed E-state index contributed by atoms with van der Waals surface area (Å²) in [6, 6.07) is 3.58.